The van der Waals surface area contributed by atoms with Crippen molar-refractivity contribution in [2.24, 2.45) is 5.92 Å². The highest BCUT2D eigenvalue weighted by Crippen LogP contribution is 2.22. The molecule has 0 saturated heterocycles. The summed E-state index contributed by atoms with van der Waals surface area (Å²) in [5, 5.41) is 3.45. The molecule has 92 valence electrons. The van der Waals surface area contributed by atoms with Crippen molar-refractivity contribution in [3.05, 3.63) is 0 Å². The highest BCUT2D eigenvalue weighted by molar-refractivity contribution is 4.78. The van der Waals surface area contributed by atoms with Crippen LogP contribution in [0.1, 0.15) is 53.4 Å². The zero-order valence-electron chi connectivity index (χ0n) is 11.4. The summed E-state index contributed by atoms with van der Waals surface area (Å²) in [6, 6.07) is 0.634. The second kappa shape index (κ2) is 7.24. The highest BCUT2D eigenvalue weighted by Gasteiger charge is 2.22. The van der Waals surface area contributed by atoms with E-state index in [0.717, 1.165) is 12.3 Å². The number of hydrogen-bond donors (Lipinski definition) is 1. The van der Waals surface area contributed by atoms with Crippen LogP contribution in [0.25, 0.3) is 0 Å². The monoisotopic (exact) mass is 215 g/mol. The molecule has 0 aromatic rings. The summed E-state index contributed by atoms with van der Waals surface area (Å²) in [4.78, 5) is 0. The maximum atomic E-state index is 5.45. The van der Waals surface area contributed by atoms with Gasteiger partial charge in [-0.15, -0.1) is 0 Å². The Labute approximate surface area is 95.8 Å². The van der Waals surface area contributed by atoms with Crippen LogP contribution in [0.4, 0.5) is 0 Å². The van der Waals surface area contributed by atoms with Crippen molar-refractivity contribution in [2.75, 3.05) is 14.2 Å². The Morgan fingerprint density at radius 3 is 2.07 bits per heavy atom. The molecule has 0 amide bonds. The van der Waals surface area contributed by atoms with Gasteiger partial charge in [0, 0.05) is 13.2 Å². The van der Waals surface area contributed by atoms with Crippen molar-refractivity contribution >= 4 is 0 Å². The minimum atomic E-state index is 0.0150. The van der Waals surface area contributed by atoms with E-state index in [2.05, 4.69) is 40.1 Å². The van der Waals surface area contributed by atoms with Crippen LogP contribution >= 0.6 is 0 Å². The molecule has 0 aliphatic carbocycles. The highest BCUT2D eigenvalue weighted by atomic mass is 16.5. The van der Waals surface area contributed by atoms with Gasteiger partial charge in [0.05, 0.1) is 5.60 Å². The van der Waals surface area contributed by atoms with E-state index in [1.807, 2.05) is 0 Å². The van der Waals surface area contributed by atoms with Gasteiger partial charge >= 0.3 is 0 Å². The Morgan fingerprint density at radius 2 is 1.73 bits per heavy atom. The lowest BCUT2D eigenvalue weighted by Gasteiger charge is -2.29. The third-order valence-electron chi connectivity index (χ3n) is 3.60. The van der Waals surface area contributed by atoms with E-state index in [0.29, 0.717) is 6.04 Å². The second-order valence-electron chi connectivity index (χ2n) is 4.97. The summed E-state index contributed by atoms with van der Waals surface area (Å²) in [5.41, 5.74) is 0.0150. The molecule has 0 aromatic carbocycles. The summed E-state index contributed by atoms with van der Waals surface area (Å²) < 4.78 is 5.45. The molecule has 2 nitrogen and oxygen atoms in total. The minimum Gasteiger partial charge on any atom is -0.379 e. The van der Waals surface area contributed by atoms with E-state index in [9.17, 15) is 0 Å². The summed E-state index contributed by atoms with van der Waals surface area (Å²) in [6.45, 7) is 8.87. The van der Waals surface area contributed by atoms with Gasteiger partial charge in [0.25, 0.3) is 0 Å². The molecule has 0 heterocycles. The molecule has 0 aromatic heterocycles. The molecule has 1 atom stereocenters. The van der Waals surface area contributed by atoms with Crippen LogP contribution in [0.3, 0.4) is 0 Å². The molecule has 0 fully saturated rings. The smallest absolute Gasteiger partial charge is 0.0623 e. The Morgan fingerprint density at radius 1 is 1.20 bits per heavy atom. The van der Waals surface area contributed by atoms with Crippen LogP contribution in [0, 0.1) is 5.92 Å². The molecule has 1 unspecified atom stereocenters. The van der Waals surface area contributed by atoms with Gasteiger partial charge < -0.3 is 10.1 Å². The second-order valence-corrected chi connectivity index (χ2v) is 4.97. The van der Waals surface area contributed by atoms with Gasteiger partial charge in [0.2, 0.25) is 0 Å². The Hall–Kier alpha value is -0.0800. The maximum absolute atomic E-state index is 5.45. The zero-order chi connectivity index (χ0) is 11.9. The van der Waals surface area contributed by atoms with Crippen molar-refractivity contribution in [1.82, 2.24) is 5.32 Å². The van der Waals surface area contributed by atoms with Gasteiger partial charge in [-0.1, -0.05) is 26.7 Å². The van der Waals surface area contributed by atoms with Crippen LogP contribution in [-0.4, -0.2) is 25.8 Å². The molecule has 15 heavy (non-hydrogen) atoms. The molecule has 0 aliphatic heterocycles. The predicted molar refractivity (Wildman–Crippen MR) is 67.2 cm³/mol. The molecular weight excluding hydrogens is 186 g/mol. The standard InChI is InChI=1S/C13H29NO/c1-7-11(8-2)12(14-5)9-10-13(3,4)15-6/h11-12,14H,7-10H2,1-6H3. The summed E-state index contributed by atoms with van der Waals surface area (Å²) in [7, 11) is 3.87. The average molecular weight is 215 g/mol. The largest absolute Gasteiger partial charge is 0.379 e. The van der Waals surface area contributed by atoms with Crippen molar-refractivity contribution in [1.29, 1.82) is 0 Å². The average Bonchev–Trinajstić information content (AvgIpc) is 2.24. The van der Waals surface area contributed by atoms with Crippen LogP contribution in [0.2, 0.25) is 0 Å². The van der Waals surface area contributed by atoms with Crippen molar-refractivity contribution in [3.8, 4) is 0 Å². The number of hydrogen-bond acceptors (Lipinski definition) is 2. The van der Waals surface area contributed by atoms with Crippen LogP contribution in [0.5, 0.6) is 0 Å². The molecule has 0 spiro atoms. The molecule has 0 radical (unpaired) electrons. The SMILES string of the molecule is CCC(CC)C(CCC(C)(C)OC)NC. The Balaban J connectivity index is 4.10. The number of rotatable bonds is 8. The molecule has 0 saturated carbocycles. The summed E-state index contributed by atoms with van der Waals surface area (Å²) in [6.07, 6.45) is 4.83. The third kappa shape index (κ3) is 5.53. The van der Waals surface area contributed by atoms with Crippen molar-refractivity contribution < 1.29 is 4.74 Å². The maximum Gasteiger partial charge on any atom is 0.0623 e. The predicted octanol–water partition coefficient (Wildman–Crippen LogP) is 3.22. The van der Waals surface area contributed by atoms with Gasteiger partial charge in [-0.05, 0) is 39.7 Å². The van der Waals surface area contributed by atoms with E-state index in [-0.39, 0.29) is 5.60 Å². The molecule has 0 bridgehead atoms. The van der Waals surface area contributed by atoms with Crippen LogP contribution in [0.15, 0.2) is 0 Å². The number of ether oxygens (including phenoxy) is 1. The van der Waals surface area contributed by atoms with Gasteiger partial charge in [-0.2, -0.15) is 0 Å². The van der Waals surface area contributed by atoms with E-state index >= 15 is 0 Å². The van der Waals surface area contributed by atoms with Crippen molar-refractivity contribution in [3.63, 3.8) is 0 Å². The molecule has 1 N–H and O–H groups in total. The van der Waals surface area contributed by atoms with Gasteiger partial charge in [-0.3, -0.25) is 0 Å². The van der Waals surface area contributed by atoms with Crippen LogP contribution < -0.4 is 5.32 Å². The summed E-state index contributed by atoms with van der Waals surface area (Å²) in [5.74, 6) is 0.794. The molecule has 0 aliphatic rings. The van der Waals surface area contributed by atoms with Gasteiger partial charge in [0.15, 0.2) is 0 Å². The molecule has 0 rings (SSSR count). The lowest BCUT2D eigenvalue weighted by molar-refractivity contribution is 0.0102. The quantitative estimate of drug-likeness (QED) is 0.671. The van der Waals surface area contributed by atoms with Gasteiger partial charge in [-0.25, -0.2) is 0 Å². The first-order valence-corrected chi connectivity index (χ1v) is 6.23. The fourth-order valence-corrected chi connectivity index (χ4v) is 2.08. The van der Waals surface area contributed by atoms with E-state index in [1.54, 1.807) is 7.11 Å². The van der Waals surface area contributed by atoms with Crippen molar-refractivity contribution in [2.45, 2.75) is 65.0 Å². The zero-order valence-corrected chi connectivity index (χ0v) is 11.4. The van der Waals surface area contributed by atoms with E-state index in [1.165, 1.54) is 19.3 Å². The minimum absolute atomic E-state index is 0.0150. The topological polar surface area (TPSA) is 21.3 Å². The lowest BCUT2D eigenvalue weighted by atomic mass is 9.88. The third-order valence-corrected chi connectivity index (χ3v) is 3.60. The summed E-state index contributed by atoms with van der Waals surface area (Å²) >= 11 is 0. The van der Waals surface area contributed by atoms with Crippen LogP contribution in [-0.2, 0) is 4.74 Å². The Kier molecular flexibility index (Phi) is 7.20. The first-order valence-electron chi connectivity index (χ1n) is 6.23. The first kappa shape index (κ1) is 14.9. The normalized spacial score (nSPS) is 14.6. The number of methoxy groups -OCH3 is 1. The first-order chi connectivity index (χ1) is 7.00. The number of nitrogens with one attached hydrogen (secondary N) is 1. The van der Waals surface area contributed by atoms with E-state index < -0.39 is 0 Å². The lowest BCUT2D eigenvalue weighted by Crippen LogP contribution is -2.35. The Bertz CT molecular complexity index is 153. The van der Waals surface area contributed by atoms with E-state index in [4.69, 9.17) is 4.74 Å². The molecule has 2 heteroatoms. The molecular formula is C13H29NO. The van der Waals surface area contributed by atoms with Gasteiger partial charge in [0.1, 0.15) is 0 Å². The fraction of sp³-hybridized carbons (Fsp3) is 1.00. The fourth-order valence-electron chi connectivity index (χ4n) is 2.08.